The average molecular weight is 549 g/mol. The number of aromatic nitrogens is 4. The predicted octanol–water partition coefficient (Wildman–Crippen LogP) is 5.38. The van der Waals surface area contributed by atoms with Crippen LogP contribution in [0.5, 0.6) is 0 Å². The van der Waals surface area contributed by atoms with E-state index in [2.05, 4.69) is 40.8 Å². The number of carbonyl (C=O) groups excluding carboxylic acids is 1. The Bertz CT molecular complexity index is 1710. The highest BCUT2D eigenvalue weighted by Crippen LogP contribution is 2.40. The largest absolute Gasteiger partial charge is 0.478 e. The molecule has 1 amide bonds. The van der Waals surface area contributed by atoms with Gasteiger partial charge in [-0.1, -0.05) is 30.3 Å². The maximum atomic E-state index is 11.7. The fraction of sp³-hybridized carbons (Fsp3) is 0.281. The van der Waals surface area contributed by atoms with Crippen LogP contribution < -0.4 is 5.32 Å². The first-order chi connectivity index (χ1) is 19.8. The summed E-state index contributed by atoms with van der Waals surface area (Å²) in [6.45, 7) is 6.76. The monoisotopic (exact) mass is 548 g/mol. The molecule has 0 fully saturated rings. The molecule has 1 aliphatic carbocycles. The van der Waals surface area contributed by atoms with Crippen molar-refractivity contribution in [1.29, 1.82) is 0 Å². The van der Waals surface area contributed by atoms with Crippen molar-refractivity contribution in [2.24, 2.45) is 0 Å². The summed E-state index contributed by atoms with van der Waals surface area (Å²) in [4.78, 5) is 34.9. The van der Waals surface area contributed by atoms with Crippen LogP contribution in [0.4, 0.5) is 5.82 Å². The van der Waals surface area contributed by atoms with Gasteiger partial charge in [-0.15, -0.1) is 0 Å². The SMILES string of the molecule is CC(=O)N1CC=C(c2ccc(NC3CCc4cccc(-c5cccc(-n6ncc(C(=O)O)c6C)n5)c43)nc2C)CC1. The van der Waals surface area contributed by atoms with Gasteiger partial charge < -0.3 is 15.3 Å². The van der Waals surface area contributed by atoms with Crippen LogP contribution in [-0.4, -0.2) is 54.7 Å². The second kappa shape index (κ2) is 10.6. The highest BCUT2D eigenvalue weighted by Gasteiger charge is 2.27. The van der Waals surface area contributed by atoms with E-state index < -0.39 is 5.97 Å². The van der Waals surface area contributed by atoms with Gasteiger partial charge in [0.05, 0.1) is 23.6 Å². The standard InChI is InChI=1S/C32H32N6O3/c1-19-24(22-14-16-37(17-15-22)21(3)39)11-13-29(34-19)35-28-12-10-23-6-4-7-25(31(23)28)27-8-5-9-30(36-27)38-20(2)26(18-33-38)32(40)41/h4-9,11,13-14,18,28H,10,12,15-17H2,1-3H3,(H,34,35)(H,40,41). The fourth-order valence-corrected chi connectivity index (χ4v) is 5.96. The van der Waals surface area contributed by atoms with Gasteiger partial charge in [0.1, 0.15) is 11.4 Å². The van der Waals surface area contributed by atoms with Crippen LogP contribution in [-0.2, 0) is 11.2 Å². The highest BCUT2D eigenvalue weighted by atomic mass is 16.4. The number of aromatic carboxylic acids is 1. The number of carboxylic acids is 1. The Morgan fingerprint density at radius 3 is 2.54 bits per heavy atom. The number of nitrogens with one attached hydrogen (secondary N) is 1. The van der Waals surface area contributed by atoms with Crippen LogP contribution in [0.15, 0.2) is 60.8 Å². The molecule has 1 aliphatic heterocycles. The zero-order valence-electron chi connectivity index (χ0n) is 23.4. The first-order valence-electron chi connectivity index (χ1n) is 13.9. The van der Waals surface area contributed by atoms with E-state index in [0.29, 0.717) is 18.1 Å². The van der Waals surface area contributed by atoms with E-state index >= 15 is 0 Å². The number of nitrogens with zero attached hydrogens (tertiary/aromatic N) is 5. The minimum Gasteiger partial charge on any atom is -0.478 e. The van der Waals surface area contributed by atoms with Gasteiger partial charge in [-0.3, -0.25) is 4.79 Å². The third kappa shape index (κ3) is 4.99. The van der Waals surface area contributed by atoms with E-state index in [1.54, 1.807) is 18.5 Å². The van der Waals surface area contributed by atoms with Crippen molar-refractivity contribution in [3.8, 4) is 17.1 Å². The molecule has 208 valence electrons. The number of hydrogen-bond acceptors (Lipinski definition) is 6. The van der Waals surface area contributed by atoms with Crippen molar-refractivity contribution in [1.82, 2.24) is 24.6 Å². The first kappa shape index (κ1) is 26.4. The molecule has 0 bridgehead atoms. The quantitative estimate of drug-likeness (QED) is 0.333. The smallest absolute Gasteiger partial charge is 0.339 e. The number of carboxylic acid groups (broad SMARTS) is 1. The van der Waals surface area contributed by atoms with Gasteiger partial charge in [0.2, 0.25) is 5.91 Å². The van der Waals surface area contributed by atoms with Crippen molar-refractivity contribution >= 4 is 23.3 Å². The molecule has 6 rings (SSSR count). The van der Waals surface area contributed by atoms with E-state index in [1.165, 1.54) is 22.9 Å². The van der Waals surface area contributed by atoms with Crippen LogP contribution in [0.2, 0.25) is 0 Å². The van der Waals surface area contributed by atoms with Crippen LogP contribution in [0.25, 0.3) is 22.6 Å². The lowest BCUT2D eigenvalue weighted by Gasteiger charge is -2.26. The van der Waals surface area contributed by atoms with Crippen molar-refractivity contribution in [2.45, 2.75) is 46.1 Å². The van der Waals surface area contributed by atoms with Crippen LogP contribution in [0.1, 0.15) is 64.2 Å². The molecule has 3 aromatic heterocycles. The van der Waals surface area contributed by atoms with E-state index in [0.717, 1.165) is 54.1 Å². The summed E-state index contributed by atoms with van der Waals surface area (Å²) in [7, 11) is 0. The summed E-state index contributed by atoms with van der Waals surface area (Å²) in [6, 6.07) is 16.3. The summed E-state index contributed by atoms with van der Waals surface area (Å²) in [6.07, 6.45) is 6.22. The Labute approximate surface area is 238 Å². The molecule has 1 atom stereocenters. The molecule has 1 unspecified atom stereocenters. The lowest BCUT2D eigenvalue weighted by Crippen LogP contribution is -2.32. The normalized spacial score (nSPS) is 16.3. The van der Waals surface area contributed by atoms with Crippen LogP contribution in [0, 0.1) is 13.8 Å². The molecule has 9 heteroatoms. The number of pyridine rings is 2. The summed E-state index contributed by atoms with van der Waals surface area (Å²) in [5.74, 6) is 0.503. The van der Waals surface area contributed by atoms with Crippen LogP contribution in [0.3, 0.4) is 0 Å². The lowest BCUT2D eigenvalue weighted by molar-refractivity contribution is -0.128. The average Bonchev–Trinajstić information content (AvgIpc) is 3.56. The molecular weight excluding hydrogens is 516 g/mol. The molecule has 2 N–H and O–H groups in total. The first-order valence-corrected chi connectivity index (χ1v) is 13.9. The van der Waals surface area contributed by atoms with Crippen molar-refractivity contribution in [3.05, 3.63) is 94.4 Å². The molecule has 0 spiro atoms. The topological polar surface area (TPSA) is 113 Å². The number of rotatable bonds is 6. The molecule has 9 nitrogen and oxygen atoms in total. The second-order valence-corrected chi connectivity index (χ2v) is 10.6. The van der Waals surface area contributed by atoms with Gasteiger partial charge in [0, 0.05) is 31.3 Å². The number of aryl methyl sites for hydroxylation is 2. The Hall–Kier alpha value is -4.79. The Morgan fingerprint density at radius 1 is 1.00 bits per heavy atom. The lowest BCUT2D eigenvalue weighted by atomic mass is 9.97. The van der Waals surface area contributed by atoms with E-state index in [4.69, 9.17) is 9.97 Å². The van der Waals surface area contributed by atoms with E-state index in [-0.39, 0.29) is 17.5 Å². The third-order valence-electron chi connectivity index (χ3n) is 8.12. The van der Waals surface area contributed by atoms with E-state index in [9.17, 15) is 14.7 Å². The van der Waals surface area contributed by atoms with Gasteiger partial charge in [-0.25, -0.2) is 19.4 Å². The zero-order valence-corrected chi connectivity index (χ0v) is 23.4. The summed E-state index contributed by atoms with van der Waals surface area (Å²) in [5.41, 5.74) is 8.37. The molecule has 4 heterocycles. The van der Waals surface area contributed by atoms with Gasteiger partial charge in [-0.05, 0) is 79.6 Å². The van der Waals surface area contributed by atoms with Gasteiger partial charge in [0.25, 0.3) is 0 Å². The molecular formula is C32H32N6O3. The number of carbonyl (C=O) groups is 2. The third-order valence-corrected chi connectivity index (χ3v) is 8.12. The van der Waals surface area contributed by atoms with E-state index in [1.807, 2.05) is 36.1 Å². The van der Waals surface area contributed by atoms with Crippen molar-refractivity contribution in [3.63, 3.8) is 0 Å². The zero-order chi connectivity index (χ0) is 28.7. The molecule has 1 aromatic carbocycles. The highest BCUT2D eigenvalue weighted by molar-refractivity contribution is 5.88. The maximum absolute atomic E-state index is 11.7. The summed E-state index contributed by atoms with van der Waals surface area (Å²) >= 11 is 0. The number of amides is 1. The molecule has 2 aliphatic rings. The Balaban J connectivity index is 1.27. The molecule has 41 heavy (non-hydrogen) atoms. The Kier molecular flexibility index (Phi) is 6.86. The number of anilines is 1. The maximum Gasteiger partial charge on any atom is 0.339 e. The number of fused-ring (bicyclic) bond motifs is 1. The number of benzene rings is 1. The minimum absolute atomic E-state index is 0.0764. The molecule has 4 aromatic rings. The number of hydrogen-bond donors (Lipinski definition) is 2. The van der Waals surface area contributed by atoms with Crippen molar-refractivity contribution in [2.75, 3.05) is 18.4 Å². The Morgan fingerprint density at radius 2 is 1.83 bits per heavy atom. The molecule has 0 radical (unpaired) electrons. The summed E-state index contributed by atoms with van der Waals surface area (Å²) < 4.78 is 1.57. The predicted molar refractivity (Wildman–Crippen MR) is 157 cm³/mol. The molecule has 0 saturated heterocycles. The van der Waals surface area contributed by atoms with Crippen LogP contribution >= 0.6 is 0 Å². The van der Waals surface area contributed by atoms with Gasteiger partial charge in [-0.2, -0.15) is 5.10 Å². The molecule has 0 saturated carbocycles. The summed E-state index contributed by atoms with van der Waals surface area (Å²) in [5, 5.41) is 17.4. The van der Waals surface area contributed by atoms with Gasteiger partial charge >= 0.3 is 5.97 Å². The van der Waals surface area contributed by atoms with Crippen molar-refractivity contribution < 1.29 is 14.7 Å². The minimum atomic E-state index is -1.01. The second-order valence-electron chi connectivity index (χ2n) is 10.6. The van der Waals surface area contributed by atoms with Gasteiger partial charge in [0.15, 0.2) is 5.82 Å². The fourth-order valence-electron chi connectivity index (χ4n) is 5.96.